The molecule has 128 valence electrons. The number of nitrogens with one attached hydrogen (secondary N) is 1. The highest BCUT2D eigenvalue weighted by Gasteiger charge is 2.41. The van der Waals surface area contributed by atoms with Crippen molar-refractivity contribution in [2.24, 2.45) is 5.16 Å². The predicted octanol–water partition coefficient (Wildman–Crippen LogP) is 2.72. The van der Waals surface area contributed by atoms with E-state index in [0.29, 0.717) is 6.54 Å². The molecule has 24 heavy (non-hydrogen) atoms. The summed E-state index contributed by atoms with van der Waals surface area (Å²) < 4.78 is 38.2. The first-order valence-corrected chi connectivity index (χ1v) is 6.98. The van der Waals surface area contributed by atoms with Gasteiger partial charge in [0.25, 0.3) is 0 Å². The molecule has 0 heterocycles. The van der Waals surface area contributed by atoms with Crippen LogP contribution in [0.4, 0.5) is 13.2 Å². The first-order valence-electron chi connectivity index (χ1n) is 6.98. The summed E-state index contributed by atoms with van der Waals surface area (Å²) in [5.41, 5.74) is -0.0444. The molecular formula is C16H16F3N3O2. The number of benzene rings is 1. The van der Waals surface area contributed by atoms with E-state index in [9.17, 15) is 18.3 Å². The summed E-state index contributed by atoms with van der Waals surface area (Å²) in [5.74, 6) is 0. The van der Waals surface area contributed by atoms with Crippen molar-refractivity contribution in [3.05, 3.63) is 59.3 Å². The summed E-state index contributed by atoms with van der Waals surface area (Å²) in [6.45, 7) is 0.336. The molecule has 0 saturated heterocycles. The van der Waals surface area contributed by atoms with Crippen LogP contribution in [-0.2, 0) is 6.54 Å². The van der Waals surface area contributed by atoms with Gasteiger partial charge < -0.3 is 15.2 Å². The van der Waals surface area contributed by atoms with E-state index < -0.39 is 17.9 Å². The Hall–Kier alpha value is -2.61. The maximum atomic E-state index is 12.7. The average molecular weight is 339 g/mol. The van der Waals surface area contributed by atoms with Crippen molar-refractivity contribution in [2.45, 2.75) is 18.8 Å². The normalized spacial score (nSPS) is 18.2. The van der Waals surface area contributed by atoms with Crippen molar-refractivity contribution in [1.29, 1.82) is 5.41 Å². The van der Waals surface area contributed by atoms with E-state index in [1.54, 1.807) is 11.9 Å². The molecule has 1 aliphatic carbocycles. The molecule has 0 spiro atoms. The number of aliphatic hydroxyl groups excluding tert-OH is 1. The fraction of sp³-hybridized carbons (Fsp3) is 0.250. The highest BCUT2D eigenvalue weighted by molar-refractivity contribution is 6.51. The summed E-state index contributed by atoms with van der Waals surface area (Å²) in [4.78, 5) is 1.55. The number of hydrogen-bond acceptors (Lipinski definition) is 5. The summed E-state index contributed by atoms with van der Waals surface area (Å²) in [6.07, 6.45) is -5.65. The third-order valence-corrected chi connectivity index (χ3v) is 3.53. The Morgan fingerprint density at radius 3 is 2.38 bits per heavy atom. The topological polar surface area (TPSA) is 79.9 Å². The van der Waals surface area contributed by atoms with Crippen molar-refractivity contribution >= 4 is 11.4 Å². The lowest BCUT2D eigenvalue weighted by molar-refractivity contribution is -0.190. The van der Waals surface area contributed by atoms with Gasteiger partial charge >= 0.3 is 6.18 Å². The van der Waals surface area contributed by atoms with Crippen LogP contribution in [0, 0.1) is 5.41 Å². The smallest absolute Gasteiger partial charge is 0.410 e. The van der Waals surface area contributed by atoms with Crippen LogP contribution >= 0.6 is 0 Å². The Labute approximate surface area is 136 Å². The van der Waals surface area contributed by atoms with Gasteiger partial charge in [0, 0.05) is 13.6 Å². The van der Waals surface area contributed by atoms with Gasteiger partial charge in [-0.1, -0.05) is 35.5 Å². The number of nitrogens with zero attached hydrogens (tertiary/aromatic N) is 2. The van der Waals surface area contributed by atoms with Gasteiger partial charge in [0.15, 0.2) is 6.10 Å². The van der Waals surface area contributed by atoms with Gasteiger partial charge in [-0.25, -0.2) is 0 Å². The Kier molecular flexibility index (Phi) is 5.08. The molecule has 0 aromatic heterocycles. The Morgan fingerprint density at radius 2 is 1.83 bits per heavy atom. The molecule has 8 heteroatoms. The Morgan fingerprint density at radius 1 is 1.21 bits per heavy atom. The van der Waals surface area contributed by atoms with Crippen molar-refractivity contribution < 1.29 is 23.5 Å². The summed E-state index contributed by atoms with van der Waals surface area (Å²) in [5, 5.41) is 29.2. The molecule has 5 nitrogen and oxygen atoms in total. The zero-order chi connectivity index (χ0) is 17.9. The fourth-order valence-electron chi connectivity index (χ4n) is 2.30. The van der Waals surface area contributed by atoms with Crippen LogP contribution in [0.15, 0.2) is 58.9 Å². The van der Waals surface area contributed by atoms with E-state index in [4.69, 9.17) is 10.6 Å². The van der Waals surface area contributed by atoms with Crippen LogP contribution in [0.25, 0.3) is 0 Å². The third kappa shape index (κ3) is 3.83. The van der Waals surface area contributed by atoms with Crippen LogP contribution in [-0.4, -0.2) is 46.0 Å². The van der Waals surface area contributed by atoms with Crippen LogP contribution < -0.4 is 0 Å². The molecular weight excluding hydrogens is 323 g/mol. The minimum Gasteiger partial charge on any atom is -0.410 e. The number of halogens is 3. The number of oxime groups is 1. The van der Waals surface area contributed by atoms with Crippen LogP contribution in [0.2, 0.25) is 0 Å². The zero-order valence-electron chi connectivity index (χ0n) is 12.7. The number of allylic oxidation sites excluding steroid dienone is 2. The molecule has 2 rings (SSSR count). The number of hydrogen-bond donors (Lipinski definition) is 3. The zero-order valence-corrected chi connectivity index (χ0v) is 12.7. The quantitative estimate of drug-likeness (QED) is 0.448. The molecule has 1 aliphatic rings. The summed E-state index contributed by atoms with van der Waals surface area (Å²) in [6, 6.07) is 9.16. The third-order valence-electron chi connectivity index (χ3n) is 3.53. The van der Waals surface area contributed by atoms with Gasteiger partial charge in [0.05, 0.1) is 5.70 Å². The molecule has 0 aliphatic heterocycles. The molecule has 0 amide bonds. The lowest BCUT2D eigenvalue weighted by Crippen LogP contribution is -2.35. The standard InChI is InChI=1S/C16H16F3N3O2/c1-22(9-10-5-3-2-4-6-10)13-8-11(15(23)16(17,18)19)7-12(21-24)14(13)20/h2-8,15,20,23-24H,9H2,1H3/b20-14?,21-12-. The molecule has 1 unspecified atom stereocenters. The molecule has 0 radical (unpaired) electrons. The van der Waals surface area contributed by atoms with Crippen LogP contribution in [0.3, 0.4) is 0 Å². The van der Waals surface area contributed by atoms with E-state index >= 15 is 0 Å². The van der Waals surface area contributed by atoms with Gasteiger partial charge in [0.1, 0.15) is 11.4 Å². The van der Waals surface area contributed by atoms with E-state index in [0.717, 1.165) is 17.7 Å². The SMILES string of the molecule is CN(Cc1ccccc1)C1=CC(C(O)C(F)(F)F)=C/C(=N/O)C1=N. The second-order valence-electron chi connectivity index (χ2n) is 5.32. The predicted molar refractivity (Wildman–Crippen MR) is 83.1 cm³/mol. The minimum absolute atomic E-state index is 0.118. The molecule has 0 fully saturated rings. The molecule has 1 aromatic carbocycles. The van der Waals surface area contributed by atoms with Gasteiger partial charge in [-0.15, -0.1) is 0 Å². The van der Waals surface area contributed by atoms with Crippen LogP contribution in [0.5, 0.6) is 0 Å². The number of rotatable bonds is 4. The maximum absolute atomic E-state index is 12.7. The first kappa shape index (κ1) is 17.7. The minimum atomic E-state index is -4.86. The Balaban J connectivity index is 2.34. The fourth-order valence-corrected chi connectivity index (χ4v) is 2.30. The molecule has 3 N–H and O–H groups in total. The molecule has 0 saturated carbocycles. The van der Waals surface area contributed by atoms with E-state index in [-0.39, 0.29) is 17.1 Å². The highest BCUT2D eigenvalue weighted by Crippen LogP contribution is 2.29. The van der Waals surface area contributed by atoms with Crippen LogP contribution in [0.1, 0.15) is 5.56 Å². The maximum Gasteiger partial charge on any atom is 0.418 e. The largest absolute Gasteiger partial charge is 0.418 e. The lowest BCUT2D eigenvalue weighted by Gasteiger charge is -2.27. The van der Waals surface area contributed by atoms with Gasteiger partial charge in [-0.2, -0.15) is 13.2 Å². The van der Waals surface area contributed by atoms with Crippen molar-refractivity contribution in [3.63, 3.8) is 0 Å². The van der Waals surface area contributed by atoms with E-state index in [2.05, 4.69) is 5.16 Å². The number of alkyl halides is 3. The van der Waals surface area contributed by atoms with Crippen molar-refractivity contribution in [3.8, 4) is 0 Å². The molecule has 1 atom stereocenters. The lowest BCUT2D eigenvalue weighted by atomic mass is 9.95. The van der Waals surface area contributed by atoms with E-state index in [1.165, 1.54) is 0 Å². The second-order valence-corrected chi connectivity index (χ2v) is 5.32. The number of aliphatic hydroxyl groups is 1. The van der Waals surface area contributed by atoms with Crippen molar-refractivity contribution in [2.75, 3.05) is 7.05 Å². The van der Waals surface area contributed by atoms with Gasteiger partial charge in [-0.05, 0) is 23.3 Å². The average Bonchev–Trinajstić information content (AvgIpc) is 2.54. The summed E-state index contributed by atoms with van der Waals surface area (Å²) >= 11 is 0. The summed E-state index contributed by atoms with van der Waals surface area (Å²) in [7, 11) is 1.60. The Bertz CT molecular complexity index is 709. The monoisotopic (exact) mass is 339 g/mol. The highest BCUT2D eigenvalue weighted by atomic mass is 19.4. The van der Waals surface area contributed by atoms with E-state index in [1.807, 2.05) is 30.3 Å². The van der Waals surface area contributed by atoms with Gasteiger partial charge in [0.2, 0.25) is 0 Å². The van der Waals surface area contributed by atoms with Crippen molar-refractivity contribution in [1.82, 2.24) is 4.90 Å². The first-order chi connectivity index (χ1) is 11.2. The molecule has 0 bridgehead atoms. The van der Waals surface area contributed by atoms with Gasteiger partial charge in [-0.3, -0.25) is 5.41 Å². The molecule has 1 aromatic rings. The second kappa shape index (κ2) is 6.88.